The van der Waals surface area contributed by atoms with E-state index in [0.29, 0.717) is 24.4 Å². The molecule has 1 N–H and O–H groups in total. The molecule has 1 aliphatic heterocycles. The maximum absolute atomic E-state index is 13.5. The molecule has 3 aromatic rings. The molecule has 3 heterocycles. The summed E-state index contributed by atoms with van der Waals surface area (Å²) in [5.41, 5.74) is 0.361. The average Bonchev–Trinajstić information content (AvgIpc) is 3.49. The number of hydrogen-bond acceptors (Lipinski definition) is 5. The summed E-state index contributed by atoms with van der Waals surface area (Å²) in [6.07, 6.45) is 7.08. The summed E-state index contributed by atoms with van der Waals surface area (Å²) >= 11 is 0. The van der Waals surface area contributed by atoms with E-state index in [2.05, 4.69) is 15.3 Å². The van der Waals surface area contributed by atoms with Gasteiger partial charge in [0.25, 0.3) is 5.91 Å². The number of rotatable bonds is 5. The van der Waals surface area contributed by atoms with Gasteiger partial charge in [0.05, 0.1) is 12.7 Å². The standard InChI is InChI=1S/C23H22N4O3/c28-22(26-16-7-8-16)20-12-18(30-17-5-3-10-24-13-17)14-27(20)23(29)21-19-6-2-1-4-15(19)9-11-25-21/h1-6,9-11,13,16,18,20H,7-8,12,14H2,(H,26,28)/t18-,20-/m0/s1. The Kier molecular flexibility index (Phi) is 4.78. The summed E-state index contributed by atoms with van der Waals surface area (Å²) in [7, 11) is 0. The molecule has 1 saturated carbocycles. The van der Waals surface area contributed by atoms with E-state index in [4.69, 9.17) is 4.74 Å². The summed E-state index contributed by atoms with van der Waals surface area (Å²) in [4.78, 5) is 36.4. The topological polar surface area (TPSA) is 84.4 Å². The quantitative estimate of drug-likeness (QED) is 0.709. The Morgan fingerprint density at radius 2 is 1.93 bits per heavy atom. The van der Waals surface area contributed by atoms with Gasteiger partial charge in [0.15, 0.2) is 0 Å². The number of carbonyl (C=O) groups excluding carboxylic acids is 2. The molecule has 1 saturated heterocycles. The van der Waals surface area contributed by atoms with Gasteiger partial charge in [0, 0.05) is 30.2 Å². The van der Waals surface area contributed by atoms with E-state index in [1.807, 2.05) is 36.4 Å². The number of hydrogen-bond donors (Lipinski definition) is 1. The van der Waals surface area contributed by atoms with Gasteiger partial charge >= 0.3 is 0 Å². The number of benzene rings is 1. The van der Waals surface area contributed by atoms with Crippen LogP contribution in [0.3, 0.4) is 0 Å². The Morgan fingerprint density at radius 1 is 1.07 bits per heavy atom. The zero-order chi connectivity index (χ0) is 20.5. The van der Waals surface area contributed by atoms with Gasteiger partial charge in [-0.15, -0.1) is 0 Å². The number of fused-ring (bicyclic) bond motifs is 1. The van der Waals surface area contributed by atoms with E-state index in [1.165, 1.54) is 0 Å². The lowest BCUT2D eigenvalue weighted by molar-refractivity contribution is -0.125. The lowest BCUT2D eigenvalue weighted by Crippen LogP contribution is -2.46. The van der Waals surface area contributed by atoms with Gasteiger partial charge < -0.3 is 15.0 Å². The molecule has 1 aromatic carbocycles. The summed E-state index contributed by atoms with van der Waals surface area (Å²) in [5, 5.41) is 4.75. The minimum Gasteiger partial charge on any atom is -0.487 e. The number of nitrogens with zero attached hydrogens (tertiary/aromatic N) is 3. The monoisotopic (exact) mass is 402 g/mol. The van der Waals surface area contributed by atoms with E-state index in [1.54, 1.807) is 29.6 Å². The van der Waals surface area contributed by atoms with Crippen molar-refractivity contribution in [1.82, 2.24) is 20.2 Å². The van der Waals surface area contributed by atoms with Gasteiger partial charge in [-0.1, -0.05) is 24.3 Å². The van der Waals surface area contributed by atoms with Gasteiger partial charge in [-0.05, 0) is 36.4 Å². The van der Waals surface area contributed by atoms with Crippen molar-refractivity contribution in [3.63, 3.8) is 0 Å². The molecule has 2 amide bonds. The Balaban J connectivity index is 1.43. The molecule has 2 aliphatic rings. The molecule has 7 heteroatoms. The van der Waals surface area contributed by atoms with Crippen LogP contribution in [0.25, 0.3) is 10.8 Å². The van der Waals surface area contributed by atoms with Gasteiger partial charge in [0.2, 0.25) is 5.91 Å². The summed E-state index contributed by atoms with van der Waals surface area (Å²) in [5.74, 6) is 0.254. The molecule has 2 atom stereocenters. The first-order valence-corrected chi connectivity index (χ1v) is 10.2. The van der Waals surface area contributed by atoms with E-state index >= 15 is 0 Å². The molecule has 2 aromatic heterocycles. The second-order valence-corrected chi connectivity index (χ2v) is 7.80. The number of nitrogens with one attached hydrogen (secondary N) is 1. The summed E-state index contributed by atoms with van der Waals surface area (Å²) in [6, 6.07) is 12.8. The normalized spacial score (nSPS) is 20.9. The highest BCUT2D eigenvalue weighted by Gasteiger charge is 2.43. The van der Waals surface area contributed by atoms with E-state index in [0.717, 1.165) is 23.6 Å². The van der Waals surface area contributed by atoms with Crippen molar-refractivity contribution in [2.45, 2.75) is 37.5 Å². The number of ether oxygens (including phenoxy) is 1. The predicted octanol–water partition coefficient (Wildman–Crippen LogP) is 2.57. The summed E-state index contributed by atoms with van der Waals surface area (Å²) in [6.45, 7) is 0.321. The number of amides is 2. The molecular formula is C23H22N4O3. The van der Waals surface area contributed by atoms with E-state index in [-0.39, 0.29) is 24.0 Å². The van der Waals surface area contributed by atoms with Crippen LogP contribution in [0.4, 0.5) is 0 Å². The van der Waals surface area contributed by atoms with Crippen LogP contribution in [0.2, 0.25) is 0 Å². The molecule has 7 nitrogen and oxygen atoms in total. The molecule has 0 unspecified atom stereocenters. The van der Waals surface area contributed by atoms with Crippen LogP contribution in [0, 0.1) is 0 Å². The highest BCUT2D eigenvalue weighted by molar-refractivity contribution is 6.06. The molecule has 5 rings (SSSR count). The van der Waals surface area contributed by atoms with Crippen LogP contribution in [0.1, 0.15) is 29.8 Å². The fraction of sp³-hybridized carbons (Fsp3) is 0.304. The van der Waals surface area contributed by atoms with Crippen LogP contribution in [0.5, 0.6) is 5.75 Å². The Bertz CT molecular complexity index is 1080. The lowest BCUT2D eigenvalue weighted by atomic mass is 10.1. The number of likely N-dealkylation sites (tertiary alicyclic amines) is 1. The third-order valence-electron chi connectivity index (χ3n) is 5.56. The first kappa shape index (κ1) is 18.5. The Morgan fingerprint density at radius 3 is 2.73 bits per heavy atom. The van der Waals surface area contributed by atoms with E-state index < -0.39 is 6.04 Å². The zero-order valence-corrected chi connectivity index (χ0v) is 16.4. The van der Waals surface area contributed by atoms with Crippen molar-refractivity contribution in [3.8, 4) is 5.75 Å². The maximum atomic E-state index is 13.5. The zero-order valence-electron chi connectivity index (χ0n) is 16.4. The average molecular weight is 402 g/mol. The highest BCUT2D eigenvalue weighted by Crippen LogP contribution is 2.28. The first-order valence-electron chi connectivity index (χ1n) is 10.2. The molecular weight excluding hydrogens is 380 g/mol. The van der Waals surface area contributed by atoms with Crippen LogP contribution in [-0.4, -0.2) is 51.4 Å². The largest absolute Gasteiger partial charge is 0.487 e. The minimum atomic E-state index is -0.583. The molecule has 152 valence electrons. The molecule has 1 aliphatic carbocycles. The van der Waals surface area contributed by atoms with Crippen LogP contribution >= 0.6 is 0 Å². The smallest absolute Gasteiger partial charge is 0.273 e. The predicted molar refractivity (Wildman–Crippen MR) is 111 cm³/mol. The highest BCUT2D eigenvalue weighted by atomic mass is 16.5. The van der Waals surface area contributed by atoms with Crippen LogP contribution < -0.4 is 10.1 Å². The molecule has 0 radical (unpaired) electrons. The van der Waals surface area contributed by atoms with Gasteiger partial charge in [-0.2, -0.15) is 0 Å². The fourth-order valence-corrected chi connectivity index (χ4v) is 3.92. The maximum Gasteiger partial charge on any atom is 0.273 e. The second kappa shape index (κ2) is 7.74. The Labute approximate surface area is 174 Å². The SMILES string of the molecule is O=C(NC1CC1)[C@@H]1C[C@H](Oc2cccnc2)CN1C(=O)c1nccc2ccccc12. The number of carbonyl (C=O) groups is 2. The lowest BCUT2D eigenvalue weighted by Gasteiger charge is -2.23. The number of pyridine rings is 2. The molecule has 0 spiro atoms. The third-order valence-corrected chi connectivity index (χ3v) is 5.56. The second-order valence-electron chi connectivity index (χ2n) is 7.80. The van der Waals surface area contributed by atoms with Crippen molar-refractivity contribution >= 4 is 22.6 Å². The molecule has 30 heavy (non-hydrogen) atoms. The first-order chi connectivity index (χ1) is 14.7. The van der Waals surface area contributed by atoms with Gasteiger partial charge in [-0.25, -0.2) is 0 Å². The minimum absolute atomic E-state index is 0.122. The van der Waals surface area contributed by atoms with Crippen molar-refractivity contribution in [2.24, 2.45) is 0 Å². The van der Waals surface area contributed by atoms with Crippen LogP contribution in [-0.2, 0) is 4.79 Å². The number of aromatic nitrogens is 2. The molecule has 0 bridgehead atoms. The molecule has 2 fully saturated rings. The van der Waals surface area contributed by atoms with Crippen molar-refractivity contribution in [1.29, 1.82) is 0 Å². The fourth-order valence-electron chi connectivity index (χ4n) is 3.92. The van der Waals surface area contributed by atoms with Crippen LogP contribution in [0.15, 0.2) is 61.1 Å². The van der Waals surface area contributed by atoms with Crippen molar-refractivity contribution < 1.29 is 14.3 Å². The van der Waals surface area contributed by atoms with Gasteiger partial charge in [0.1, 0.15) is 23.6 Å². The summed E-state index contributed by atoms with van der Waals surface area (Å²) < 4.78 is 6.02. The third kappa shape index (κ3) is 3.70. The Hall–Kier alpha value is -3.48. The van der Waals surface area contributed by atoms with Crippen molar-refractivity contribution in [2.75, 3.05) is 6.54 Å². The van der Waals surface area contributed by atoms with Crippen molar-refractivity contribution in [3.05, 3.63) is 66.7 Å². The van der Waals surface area contributed by atoms with E-state index in [9.17, 15) is 9.59 Å². The van der Waals surface area contributed by atoms with Gasteiger partial charge in [-0.3, -0.25) is 19.6 Å².